The van der Waals surface area contributed by atoms with Crippen LogP contribution in [-0.2, 0) is 0 Å². The fourth-order valence-corrected chi connectivity index (χ4v) is 3.86. The summed E-state index contributed by atoms with van der Waals surface area (Å²) in [5.41, 5.74) is 1.84. The van der Waals surface area contributed by atoms with Crippen molar-refractivity contribution in [3.63, 3.8) is 0 Å². The number of thioether (sulfide) groups is 2. The van der Waals surface area contributed by atoms with E-state index >= 15 is 0 Å². The summed E-state index contributed by atoms with van der Waals surface area (Å²) in [6, 6.07) is 12.4. The summed E-state index contributed by atoms with van der Waals surface area (Å²) in [7, 11) is 0. The second-order valence-corrected chi connectivity index (χ2v) is 6.99. The van der Waals surface area contributed by atoms with Crippen LogP contribution in [0, 0.1) is 5.82 Å². The second-order valence-electron chi connectivity index (χ2n) is 4.33. The van der Waals surface area contributed by atoms with E-state index in [2.05, 4.69) is 9.97 Å². The van der Waals surface area contributed by atoms with Gasteiger partial charge in [-0.25, -0.2) is 9.37 Å². The van der Waals surface area contributed by atoms with Gasteiger partial charge in [-0.15, -0.1) is 11.8 Å². The van der Waals surface area contributed by atoms with E-state index in [9.17, 15) is 4.39 Å². The third kappa shape index (κ3) is 3.73. The number of halogens is 2. The fourth-order valence-electron chi connectivity index (χ4n) is 1.88. The molecule has 0 aliphatic rings. The first-order valence-electron chi connectivity index (χ1n) is 6.38. The zero-order chi connectivity index (χ0) is 14.7. The molecule has 0 aliphatic carbocycles. The van der Waals surface area contributed by atoms with Gasteiger partial charge in [0.05, 0.1) is 11.0 Å². The molecule has 0 bridgehead atoms. The quantitative estimate of drug-likeness (QED) is 0.509. The molecule has 3 aromatic rings. The van der Waals surface area contributed by atoms with Gasteiger partial charge in [-0.3, -0.25) is 0 Å². The molecule has 0 aliphatic heterocycles. The van der Waals surface area contributed by atoms with Gasteiger partial charge >= 0.3 is 0 Å². The van der Waals surface area contributed by atoms with Gasteiger partial charge in [0.25, 0.3) is 0 Å². The summed E-state index contributed by atoms with van der Waals surface area (Å²) in [4.78, 5) is 8.40. The number of imidazole rings is 1. The molecule has 0 radical (unpaired) electrons. The molecule has 108 valence electrons. The molecule has 1 aromatic heterocycles. The van der Waals surface area contributed by atoms with E-state index in [0.29, 0.717) is 9.92 Å². The van der Waals surface area contributed by atoms with E-state index in [1.165, 1.54) is 17.8 Å². The summed E-state index contributed by atoms with van der Waals surface area (Å²) < 4.78 is 13.5. The van der Waals surface area contributed by atoms with E-state index in [0.717, 1.165) is 27.7 Å². The maximum atomic E-state index is 13.5. The highest BCUT2D eigenvalue weighted by molar-refractivity contribution is 8.02. The van der Waals surface area contributed by atoms with Crippen LogP contribution >= 0.6 is 35.1 Å². The van der Waals surface area contributed by atoms with Crippen molar-refractivity contribution in [2.45, 2.75) is 10.1 Å². The van der Waals surface area contributed by atoms with Crippen molar-refractivity contribution >= 4 is 46.2 Å². The van der Waals surface area contributed by atoms with Crippen LogP contribution in [0.15, 0.2) is 52.5 Å². The Kier molecular flexibility index (Phi) is 4.73. The number of H-pyrrole nitrogens is 1. The second kappa shape index (κ2) is 6.73. The molecule has 0 amide bonds. The average molecular weight is 339 g/mol. The van der Waals surface area contributed by atoms with Crippen molar-refractivity contribution in [3.8, 4) is 0 Å². The Balaban J connectivity index is 1.56. The molecule has 1 heterocycles. The minimum Gasteiger partial charge on any atom is -0.333 e. The summed E-state index contributed by atoms with van der Waals surface area (Å²) in [6.07, 6.45) is 0. The predicted molar refractivity (Wildman–Crippen MR) is 89.0 cm³/mol. The molecule has 0 saturated heterocycles. The zero-order valence-electron chi connectivity index (χ0n) is 11.0. The molecule has 3 rings (SSSR count). The summed E-state index contributed by atoms with van der Waals surface area (Å²) >= 11 is 9.09. The van der Waals surface area contributed by atoms with Crippen molar-refractivity contribution in [1.82, 2.24) is 9.97 Å². The normalized spacial score (nSPS) is 11.1. The van der Waals surface area contributed by atoms with E-state index in [1.807, 2.05) is 24.3 Å². The number of rotatable bonds is 5. The summed E-state index contributed by atoms with van der Waals surface area (Å²) in [5, 5.41) is 1.55. The van der Waals surface area contributed by atoms with E-state index in [1.54, 1.807) is 23.9 Å². The predicted octanol–water partition coefficient (Wildman–Crippen LogP) is 5.24. The van der Waals surface area contributed by atoms with Gasteiger partial charge in [-0.1, -0.05) is 35.5 Å². The Hall–Kier alpha value is -1.17. The number of aromatic nitrogens is 2. The number of nitrogens with one attached hydrogen (secondary N) is 1. The van der Waals surface area contributed by atoms with Gasteiger partial charge in [-0.2, -0.15) is 0 Å². The maximum absolute atomic E-state index is 13.5. The van der Waals surface area contributed by atoms with Gasteiger partial charge in [0.1, 0.15) is 5.82 Å². The zero-order valence-corrected chi connectivity index (χ0v) is 13.4. The number of aromatic amines is 1. The van der Waals surface area contributed by atoms with Gasteiger partial charge in [0, 0.05) is 21.4 Å². The molecule has 2 nitrogen and oxygen atoms in total. The molecule has 0 spiro atoms. The Morgan fingerprint density at radius 1 is 1.10 bits per heavy atom. The highest BCUT2D eigenvalue weighted by atomic mass is 35.5. The minimum atomic E-state index is -0.161. The lowest BCUT2D eigenvalue weighted by Gasteiger charge is -2.01. The summed E-state index contributed by atoms with van der Waals surface area (Å²) in [5.74, 6) is 1.52. The fraction of sp³-hybridized carbons (Fsp3) is 0.133. The maximum Gasteiger partial charge on any atom is 0.166 e. The molecule has 2 aromatic carbocycles. The molecule has 21 heavy (non-hydrogen) atoms. The number of hydrogen-bond donors (Lipinski definition) is 1. The third-order valence-corrected chi connectivity index (χ3v) is 5.26. The smallest absolute Gasteiger partial charge is 0.166 e. The van der Waals surface area contributed by atoms with Crippen LogP contribution in [0.1, 0.15) is 0 Å². The third-order valence-electron chi connectivity index (χ3n) is 2.84. The highest BCUT2D eigenvalue weighted by Crippen LogP contribution is 2.25. The SMILES string of the molecule is Fc1ccccc1SCCSc1nc2ccc(Cl)cc2[nH]1. The van der Waals surface area contributed by atoms with Crippen molar-refractivity contribution in [1.29, 1.82) is 0 Å². The van der Waals surface area contributed by atoms with Crippen molar-refractivity contribution in [3.05, 3.63) is 53.3 Å². The largest absolute Gasteiger partial charge is 0.333 e. The molecule has 1 N–H and O–H groups in total. The van der Waals surface area contributed by atoms with Crippen LogP contribution in [0.3, 0.4) is 0 Å². The molecule has 6 heteroatoms. The monoisotopic (exact) mass is 338 g/mol. The Labute approximate surface area is 135 Å². The Bertz CT molecular complexity index is 760. The number of fused-ring (bicyclic) bond motifs is 1. The van der Waals surface area contributed by atoms with Crippen molar-refractivity contribution in [2.24, 2.45) is 0 Å². The van der Waals surface area contributed by atoms with E-state index < -0.39 is 0 Å². The first kappa shape index (κ1) is 14.8. The topological polar surface area (TPSA) is 28.7 Å². The van der Waals surface area contributed by atoms with Crippen molar-refractivity contribution in [2.75, 3.05) is 11.5 Å². The van der Waals surface area contributed by atoms with Crippen LogP contribution in [-0.4, -0.2) is 21.5 Å². The van der Waals surface area contributed by atoms with E-state index in [-0.39, 0.29) is 5.82 Å². The molecule has 0 fully saturated rings. The van der Waals surface area contributed by atoms with E-state index in [4.69, 9.17) is 11.6 Å². The van der Waals surface area contributed by atoms with Gasteiger partial charge < -0.3 is 4.98 Å². The molecule has 0 saturated carbocycles. The van der Waals surface area contributed by atoms with Crippen LogP contribution in [0.5, 0.6) is 0 Å². The van der Waals surface area contributed by atoms with Crippen LogP contribution in [0.4, 0.5) is 4.39 Å². The molecule has 0 atom stereocenters. The number of benzene rings is 2. The molecular weight excluding hydrogens is 327 g/mol. The van der Waals surface area contributed by atoms with Crippen molar-refractivity contribution < 1.29 is 4.39 Å². The van der Waals surface area contributed by atoms with Crippen LogP contribution in [0.2, 0.25) is 5.02 Å². The number of nitrogens with zero attached hydrogens (tertiary/aromatic N) is 1. The van der Waals surface area contributed by atoms with Gasteiger partial charge in [0.15, 0.2) is 5.16 Å². The number of hydrogen-bond acceptors (Lipinski definition) is 3. The minimum absolute atomic E-state index is 0.161. The first-order chi connectivity index (χ1) is 10.2. The Morgan fingerprint density at radius 2 is 1.90 bits per heavy atom. The standard InChI is InChI=1S/C15H12ClFN2S2/c16-10-5-6-12-13(9-10)19-15(18-12)21-8-7-20-14-4-2-1-3-11(14)17/h1-6,9H,7-8H2,(H,18,19). The Morgan fingerprint density at radius 3 is 2.76 bits per heavy atom. The lowest BCUT2D eigenvalue weighted by Crippen LogP contribution is -1.87. The van der Waals surface area contributed by atoms with Gasteiger partial charge in [-0.05, 0) is 30.3 Å². The van der Waals surface area contributed by atoms with Gasteiger partial charge in [0.2, 0.25) is 0 Å². The first-order valence-corrected chi connectivity index (χ1v) is 8.73. The average Bonchev–Trinajstić information content (AvgIpc) is 2.87. The molecular formula is C15H12ClFN2S2. The van der Waals surface area contributed by atoms with Crippen LogP contribution in [0.25, 0.3) is 11.0 Å². The molecule has 0 unspecified atom stereocenters. The summed E-state index contributed by atoms with van der Waals surface area (Å²) in [6.45, 7) is 0. The lowest BCUT2D eigenvalue weighted by molar-refractivity contribution is 0.602. The van der Waals surface area contributed by atoms with Crippen LogP contribution < -0.4 is 0 Å². The lowest BCUT2D eigenvalue weighted by atomic mass is 10.3. The highest BCUT2D eigenvalue weighted by Gasteiger charge is 2.05.